The van der Waals surface area contributed by atoms with Gasteiger partial charge in [-0.2, -0.15) is 0 Å². The van der Waals surface area contributed by atoms with Gasteiger partial charge in [0.1, 0.15) is 16.4 Å². The second kappa shape index (κ2) is 9.64. The molecule has 168 valence electrons. The maximum Gasteiger partial charge on any atom is 0.344 e. The molecule has 1 heterocycles. The predicted molar refractivity (Wildman–Crippen MR) is 121 cm³/mol. The molecule has 1 aromatic heterocycles. The zero-order valence-electron chi connectivity index (χ0n) is 16.9. The fourth-order valence-electron chi connectivity index (χ4n) is 2.72. The van der Waals surface area contributed by atoms with E-state index in [9.17, 15) is 13.2 Å². The van der Waals surface area contributed by atoms with Crippen LogP contribution in [0, 0.1) is 0 Å². The molecule has 0 spiro atoms. The summed E-state index contributed by atoms with van der Waals surface area (Å²) in [5, 5.41) is 9.37. The molecule has 0 aliphatic carbocycles. The van der Waals surface area contributed by atoms with Crippen molar-refractivity contribution < 1.29 is 27.8 Å². The minimum absolute atomic E-state index is 0.0896. The Morgan fingerprint density at radius 2 is 1.78 bits per heavy atom. The predicted octanol–water partition coefficient (Wildman–Crippen LogP) is 4.72. The first-order chi connectivity index (χ1) is 15.1. The Labute approximate surface area is 194 Å². The van der Waals surface area contributed by atoms with Crippen molar-refractivity contribution in [3.8, 4) is 22.6 Å². The Morgan fingerprint density at radius 1 is 1.09 bits per heavy atom. The third-order valence-corrected chi connectivity index (χ3v) is 6.18. The average Bonchev–Trinajstić information content (AvgIpc) is 2.76. The van der Waals surface area contributed by atoms with Crippen LogP contribution in [0.25, 0.3) is 11.1 Å². The summed E-state index contributed by atoms with van der Waals surface area (Å²) in [4.78, 5) is 14.7. The molecule has 2 N–H and O–H groups in total. The molecular formula is C21H18Cl2N2O6S. The Hall–Kier alpha value is -3.01. The van der Waals surface area contributed by atoms with Gasteiger partial charge in [-0.3, -0.25) is 9.71 Å². The number of halogens is 2. The summed E-state index contributed by atoms with van der Waals surface area (Å²) >= 11 is 12.5. The largest absolute Gasteiger partial charge is 0.495 e. The lowest BCUT2D eigenvalue weighted by Gasteiger charge is -2.16. The standard InChI is InChI=1S/C21H18Cl2N2O6S/c1-12(21(26)27)31-15-5-3-13(4-6-15)18-7-14(22)8-19(23)20(18)25-32(28,29)17-9-16(30-2)10-24-11-17/h3-12,25H,1-2H3,(H,26,27). The number of anilines is 1. The van der Waals surface area contributed by atoms with Gasteiger partial charge in [0, 0.05) is 22.8 Å². The molecule has 0 amide bonds. The van der Waals surface area contributed by atoms with Gasteiger partial charge in [-0.05, 0) is 36.8 Å². The molecule has 0 saturated carbocycles. The number of aliphatic carboxylic acids is 1. The highest BCUT2D eigenvalue weighted by atomic mass is 35.5. The SMILES string of the molecule is COc1cncc(S(=O)(=O)Nc2c(Cl)cc(Cl)cc2-c2ccc(OC(C)C(=O)O)cc2)c1. The molecule has 3 aromatic rings. The Balaban J connectivity index is 1.99. The Kier molecular flexibility index (Phi) is 7.12. The number of carboxylic acid groups (broad SMARTS) is 1. The number of ether oxygens (including phenoxy) is 2. The number of hydrogen-bond acceptors (Lipinski definition) is 6. The molecule has 0 fully saturated rings. The van der Waals surface area contributed by atoms with E-state index in [1.807, 2.05) is 0 Å². The highest BCUT2D eigenvalue weighted by Gasteiger charge is 2.21. The first-order valence-corrected chi connectivity index (χ1v) is 11.4. The number of nitrogens with zero attached hydrogens (tertiary/aromatic N) is 1. The van der Waals surface area contributed by atoms with Gasteiger partial charge in [-0.1, -0.05) is 35.3 Å². The van der Waals surface area contributed by atoms with E-state index >= 15 is 0 Å². The number of pyridine rings is 1. The summed E-state index contributed by atoms with van der Waals surface area (Å²) in [5.74, 6) is -0.484. The molecule has 0 radical (unpaired) electrons. The van der Waals surface area contributed by atoms with Gasteiger partial charge in [0.05, 0.1) is 24.0 Å². The third kappa shape index (κ3) is 5.42. The van der Waals surface area contributed by atoms with Crippen LogP contribution in [0.2, 0.25) is 10.0 Å². The lowest BCUT2D eigenvalue weighted by Crippen LogP contribution is -2.22. The zero-order valence-corrected chi connectivity index (χ0v) is 19.2. The number of sulfonamides is 1. The monoisotopic (exact) mass is 496 g/mol. The second-order valence-electron chi connectivity index (χ2n) is 6.60. The summed E-state index contributed by atoms with van der Waals surface area (Å²) in [5.41, 5.74) is 1.11. The molecule has 1 atom stereocenters. The van der Waals surface area contributed by atoms with Crippen molar-refractivity contribution in [3.05, 3.63) is 64.9 Å². The van der Waals surface area contributed by atoms with E-state index in [0.717, 1.165) is 0 Å². The summed E-state index contributed by atoms with van der Waals surface area (Å²) < 4.78 is 38.8. The van der Waals surface area contributed by atoms with E-state index in [-0.39, 0.29) is 21.4 Å². The molecule has 11 heteroatoms. The van der Waals surface area contributed by atoms with Crippen molar-refractivity contribution in [1.29, 1.82) is 0 Å². The number of aromatic nitrogens is 1. The van der Waals surface area contributed by atoms with Gasteiger partial charge in [0.2, 0.25) is 0 Å². The van der Waals surface area contributed by atoms with E-state index in [1.165, 1.54) is 38.6 Å². The summed E-state index contributed by atoms with van der Waals surface area (Å²) in [6.07, 6.45) is 1.54. The van der Waals surface area contributed by atoms with Crippen LogP contribution in [0.1, 0.15) is 6.92 Å². The molecule has 1 unspecified atom stereocenters. The van der Waals surface area contributed by atoms with E-state index in [0.29, 0.717) is 21.9 Å². The number of rotatable bonds is 8. The van der Waals surface area contributed by atoms with Crippen LogP contribution in [0.3, 0.4) is 0 Å². The molecule has 0 bridgehead atoms. The first-order valence-electron chi connectivity index (χ1n) is 9.11. The van der Waals surface area contributed by atoms with Gasteiger partial charge >= 0.3 is 5.97 Å². The Morgan fingerprint density at radius 3 is 2.41 bits per heavy atom. The van der Waals surface area contributed by atoms with Crippen molar-refractivity contribution in [1.82, 2.24) is 4.98 Å². The third-order valence-electron chi connectivity index (χ3n) is 4.35. The number of benzene rings is 2. The highest BCUT2D eigenvalue weighted by Crippen LogP contribution is 2.39. The lowest BCUT2D eigenvalue weighted by atomic mass is 10.0. The maximum absolute atomic E-state index is 13.0. The van der Waals surface area contributed by atoms with Crippen LogP contribution in [-0.2, 0) is 14.8 Å². The minimum Gasteiger partial charge on any atom is -0.495 e. The Bertz CT molecular complexity index is 1250. The van der Waals surface area contributed by atoms with Gasteiger partial charge in [-0.15, -0.1) is 0 Å². The van der Waals surface area contributed by atoms with Crippen LogP contribution >= 0.6 is 23.2 Å². The van der Waals surface area contributed by atoms with Crippen LogP contribution < -0.4 is 14.2 Å². The van der Waals surface area contributed by atoms with Crippen molar-refractivity contribution in [2.75, 3.05) is 11.8 Å². The fraction of sp³-hybridized carbons (Fsp3) is 0.143. The van der Waals surface area contributed by atoms with Gasteiger partial charge < -0.3 is 14.6 Å². The van der Waals surface area contributed by atoms with Crippen molar-refractivity contribution in [2.24, 2.45) is 0 Å². The van der Waals surface area contributed by atoms with Crippen LogP contribution in [0.5, 0.6) is 11.5 Å². The molecule has 0 saturated heterocycles. The van der Waals surface area contributed by atoms with Crippen molar-refractivity contribution >= 4 is 44.9 Å². The highest BCUT2D eigenvalue weighted by molar-refractivity contribution is 7.92. The first kappa shape index (κ1) is 23.6. The molecule has 2 aromatic carbocycles. The second-order valence-corrected chi connectivity index (χ2v) is 9.12. The summed E-state index contributed by atoms with van der Waals surface area (Å²) in [6, 6.07) is 10.7. The number of hydrogen-bond donors (Lipinski definition) is 2. The lowest BCUT2D eigenvalue weighted by molar-refractivity contribution is -0.144. The quantitative estimate of drug-likeness (QED) is 0.463. The summed E-state index contributed by atoms with van der Waals surface area (Å²) in [7, 11) is -2.65. The topological polar surface area (TPSA) is 115 Å². The van der Waals surface area contributed by atoms with E-state index in [1.54, 1.807) is 30.3 Å². The number of methoxy groups -OCH3 is 1. The van der Waals surface area contributed by atoms with Crippen LogP contribution in [-0.4, -0.2) is 37.7 Å². The van der Waals surface area contributed by atoms with E-state index in [2.05, 4.69) is 9.71 Å². The zero-order chi connectivity index (χ0) is 23.5. The van der Waals surface area contributed by atoms with Crippen LogP contribution in [0.15, 0.2) is 59.8 Å². The molecule has 3 rings (SSSR count). The van der Waals surface area contributed by atoms with Crippen LogP contribution in [0.4, 0.5) is 5.69 Å². The molecule has 0 aliphatic heterocycles. The number of carboxylic acids is 1. The normalized spacial score (nSPS) is 12.1. The van der Waals surface area contributed by atoms with E-state index < -0.39 is 22.1 Å². The van der Waals surface area contributed by atoms with Crippen molar-refractivity contribution in [3.63, 3.8) is 0 Å². The number of nitrogens with one attached hydrogen (secondary N) is 1. The molecule has 8 nitrogen and oxygen atoms in total. The van der Waals surface area contributed by atoms with Gasteiger partial charge in [-0.25, -0.2) is 13.2 Å². The minimum atomic E-state index is -4.06. The molecular weight excluding hydrogens is 479 g/mol. The van der Waals surface area contributed by atoms with Crippen molar-refractivity contribution in [2.45, 2.75) is 17.9 Å². The fourth-order valence-corrected chi connectivity index (χ4v) is 4.40. The molecule has 0 aliphatic rings. The van der Waals surface area contributed by atoms with Gasteiger partial charge in [0.15, 0.2) is 6.10 Å². The van der Waals surface area contributed by atoms with Gasteiger partial charge in [0.25, 0.3) is 10.0 Å². The molecule has 32 heavy (non-hydrogen) atoms. The maximum atomic E-state index is 13.0. The summed E-state index contributed by atoms with van der Waals surface area (Å²) in [6.45, 7) is 1.41. The average molecular weight is 497 g/mol. The number of carbonyl (C=O) groups is 1. The van der Waals surface area contributed by atoms with E-state index in [4.69, 9.17) is 37.8 Å². The smallest absolute Gasteiger partial charge is 0.344 e.